The van der Waals surface area contributed by atoms with Crippen molar-refractivity contribution < 1.29 is 8.78 Å². The van der Waals surface area contributed by atoms with Crippen molar-refractivity contribution >= 4 is 34.8 Å². The summed E-state index contributed by atoms with van der Waals surface area (Å²) in [7, 11) is 0. The molecule has 0 saturated heterocycles. The second kappa shape index (κ2) is 6.08. The highest BCUT2D eigenvalue weighted by Gasteiger charge is 2.15. The van der Waals surface area contributed by atoms with Crippen LogP contribution in [0, 0.1) is 11.6 Å². The summed E-state index contributed by atoms with van der Waals surface area (Å²) in [5, 5.41) is -0.252. The molecule has 0 amide bonds. The molecule has 0 aliphatic rings. The minimum absolute atomic E-state index is 0.0246. The van der Waals surface area contributed by atoms with E-state index in [1.165, 1.54) is 24.3 Å². The molecule has 100 valence electrons. The van der Waals surface area contributed by atoms with Crippen LogP contribution in [-0.4, -0.2) is 0 Å². The van der Waals surface area contributed by atoms with Gasteiger partial charge in [0.1, 0.15) is 11.6 Å². The molecule has 0 aromatic heterocycles. The zero-order valence-corrected chi connectivity index (χ0v) is 11.9. The Morgan fingerprint density at radius 2 is 1.68 bits per heavy atom. The Bertz CT molecular complexity index is 579. The molecule has 2 aromatic rings. The lowest BCUT2D eigenvalue weighted by Crippen LogP contribution is -2.00. The highest BCUT2D eigenvalue weighted by atomic mass is 35.5. The van der Waals surface area contributed by atoms with Crippen LogP contribution in [0.4, 0.5) is 8.78 Å². The summed E-state index contributed by atoms with van der Waals surface area (Å²) in [5.74, 6) is -0.975. The second-order valence-electron chi connectivity index (χ2n) is 4.05. The van der Waals surface area contributed by atoms with Gasteiger partial charge in [-0.2, -0.15) is 0 Å². The topological polar surface area (TPSA) is 0 Å². The van der Waals surface area contributed by atoms with Crippen molar-refractivity contribution in [2.75, 3.05) is 0 Å². The SMILES string of the molecule is Fc1cc(C(Cl)Cc2c(F)cccc2Cl)ccc1Cl. The molecule has 1 unspecified atom stereocenters. The van der Waals surface area contributed by atoms with Gasteiger partial charge in [0.25, 0.3) is 0 Å². The Morgan fingerprint density at radius 1 is 0.947 bits per heavy atom. The predicted octanol–water partition coefficient (Wildman–Crippen LogP) is 5.79. The third-order valence-electron chi connectivity index (χ3n) is 2.75. The first-order chi connectivity index (χ1) is 8.99. The quantitative estimate of drug-likeness (QED) is 0.627. The molecule has 0 fully saturated rings. The molecule has 0 nitrogen and oxygen atoms in total. The molecule has 0 bridgehead atoms. The van der Waals surface area contributed by atoms with Crippen LogP contribution in [-0.2, 0) is 6.42 Å². The van der Waals surface area contributed by atoms with Crippen molar-refractivity contribution in [2.45, 2.75) is 11.8 Å². The van der Waals surface area contributed by atoms with Gasteiger partial charge in [0.05, 0.1) is 10.4 Å². The van der Waals surface area contributed by atoms with Crippen LogP contribution >= 0.6 is 34.8 Å². The molecule has 0 aliphatic carbocycles. The van der Waals surface area contributed by atoms with Gasteiger partial charge in [-0.25, -0.2) is 8.78 Å². The van der Waals surface area contributed by atoms with Gasteiger partial charge in [0, 0.05) is 10.6 Å². The maximum atomic E-state index is 13.6. The fraction of sp³-hybridized carbons (Fsp3) is 0.143. The summed E-state index contributed by atoms with van der Waals surface area (Å²) >= 11 is 17.7. The number of rotatable bonds is 3. The van der Waals surface area contributed by atoms with E-state index in [-0.39, 0.29) is 11.4 Å². The summed E-state index contributed by atoms with van der Waals surface area (Å²) in [6.45, 7) is 0. The van der Waals surface area contributed by atoms with Crippen LogP contribution in [0.3, 0.4) is 0 Å². The third kappa shape index (κ3) is 3.38. The minimum atomic E-state index is -0.582. The summed E-state index contributed by atoms with van der Waals surface area (Å²) in [4.78, 5) is 0. The van der Waals surface area contributed by atoms with E-state index in [9.17, 15) is 8.78 Å². The molecule has 1 atom stereocenters. The second-order valence-corrected chi connectivity index (χ2v) is 5.39. The molecular weight excluding hydrogens is 313 g/mol. The molecular formula is C14H9Cl3F2. The number of benzene rings is 2. The van der Waals surface area contributed by atoms with Crippen molar-refractivity contribution in [3.05, 3.63) is 69.2 Å². The van der Waals surface area contributed by atoms with E-state index >= 15 is 0 Å². The van der Waals surface area contributed by atoms with Crippen LogP contribution in [0.15, 0.2) is 36.4 Å². The molecule has 5 heteroatoms. The van der Waals surface area contributed by atoms with Crippen LogP contribution < -0.4 is 0 Å². The monoisotopic (exact) mass is 320 g/mol. The van der Waals surface area contributed by atoms with Gasteiger partial charge in [-0.05, 0) is 36.2 Å². The van der Waals surface area contributed by atoms with E-state index in [4.69, 9.17) is 34.8 Å². The first kappa shape index (κ1) is 14.6. The lowest BCUT2D eigenvalue weighted by Gasteiger charge is -2.12. The van der Waals surface area contributed by atoms with Crippen LogP contribution in [0.1, 0.15) is 16.5 Å². The zero-order valence-electron chi connectivity index (χ0n) is 9.64. The minimum Gasteiger partial charge on any atom is -0.207 e. The largest absolute Gasteiger partial charge is 0.207 e. The normalized spacial score (nSPS) is 12.5. The standard InChI is InChI=1S/C14H9Cl3F2/c15-10-2-1-3-13(18)9(10)7-12(17)8-4-5-11(16)14(19)6-8/h1-6,12H,7H2. The Kier molecular flexibility index (Phi) is 4.67. The molecule has 2 rings (SSSR count). The number of hydrogen-bond acceptors (Lipinski definition) is 0. The molecule has 0 N–H and O–H groups in total. The van der Waals surface area contributed by atoms with Crippen molar-refractivity contribution in [2.24, 2.45) is 0 Å². The van der Waals surface area contributed by atoms with E-state index < -0.39 is 17.0 Å². The highest BCUT2D eigenvalue weighted by Crippen LogP contribution is 2.31. The average molecular weight is 322 g/mol. The van der Waals surface area contributed by atoms with Gasteiger partial charge in [0.15, 0.2) is 0 Å². The number of hydrogen-bond donors (Lipinski definition) is 0. The van der Waals surface area contributed by atoms with Gasteiger partial charge < -0.3 is 0 Å². The first-order valence-electron chi connectivity index (χ1n) is 5.51. The van der Waals surface area contributed by atoms with E-state index in [1.54, 1.807) is 12.1 Å². The summed E-state index contributed by atoms with van der Waals surface area (Å²) < 4.78 is 27.0. The smallest absolute Gasteiger partial charge is 0.142 e. The van der Waals surface area contributed by atoms with Crippen LogP contribution in [0.5, 0.6) is 0 Å². The molecule has 0 saturated carbocycles. The Balaban J connectivity index is 2.25. The van der Waals surface area contributed by atoms with Crippen molar-refractivity contribution in [3.8, 4) is 0 Å². The fourth-order valence-corrected chi connectivity index (χ4v) is 2.38. The molecule has 2 aromatic carbocycles. The summed E-state index contributed by atoms with van der Waals surface area (Å²) in [6, 6.07) is 8.70. The molecule has 0 spiro atoms. The highest BCUT2D eigenvalue weighted by molar-refractivity contribution is 6.31. The van der Waals surface area contributed by atoms with Gasteiger partial charge >= 0.3 is 0 Å². The number of halogens is 5. The van der Waals surface area contributed by atoms with Gasteiger partial charge in [-0.1, -0.05) is 35.3 Å². The van der Waals surface area contributed by atoms with Crippen LogP contribution in [0.2, 0.25) is 10.0 Å². The van der Waals surface area contributed by atoms with Gasteiger partial charge in [0.2, 0.25) is 0 Å². The molecule has 0 heterocycles. The zero-order chi connectivity index (χ0) is 14.0. The van der Waals surface area contributed by atoms with Crippen molar-refractivity contribution in [3.63, 3.8) is 0 Å². The summed E-state index contributed by atoms with van der Waals surface area (Å²) in [5.41, 5.74) is 0.849. The third-order valence-corrected chi connectivity index (χ3v) is 3.82. The first-order valence-corrected chi connectivity index (χ1v) is 6.70. The van der Waals surface area contributed by atoms with Crippen molar-refractivity contribution in [1.82, 2.24) is 0 Å². The molecule has 19 heavy (non-hydrogen) atoms. The lowest BCUT2D eigenvalue weighted by atomic mass is 10.0. The Morgan fingerprint density at radius 3 is 2.32 bits per heavy atom. The van der Waals surface area contributed by atoms with E-state index in [0.717, 1.165) is 0 Å². The maximum absolute atomic E-state index is 13.6. The van der Waals surface area contributed by atoms with E-state index in [2.05, 4.69) is 0 Å². The lowest BCUT2D eigenvalue weighted by molar-refractivity contribution is 0.606. The Labute approximate surface area is 124 Å². The predicted molar refractivity (Wildman–Crippen MR) is 75.1 cm³/mol. The maximum Gasteiger partial charge on any atom is 0.142 e. The fourth-order valence-electron chi connectivity index (χ4n) is 1.73. The Hall–Kier alpha value is -0.830. The molecule has 0 radical (unpaired) electrons. The van der Waals surface area contributed by atoms with E-state index in [1.807, 2.05) is 0 Å². The average Bonchev–Trinajstić information content (AvgIpc) is 2.37. The summed E-state index contributed by atoms with van der Waals surface area (Å²) in [6.07, 6.45) is 0.175. The van der Waals surface area contributed by atoms with Gasteiger partial charge in [-0.3, -0.25) is 0 Å². The van der Waals surface area contributed by atoms with Crippen molar-refractivity contribution in [1.29, 1.82) is 0 Å². The van der Waals surface area contributed by atoms with Crippen LogP contribution in [0.25, 0.3) is 0 Å². The number of alkyl halides is 1. The van der Waals surface area contributed by atoms with Gasteiger partial charge in [-0.15, -0.1) is 11.6 Å². The van der Waals surface area contributed by atoms with E-state index in [0.29, 0.717) is 16.1 Å². The molecule has 0 aliphatic heterocycles.